The number of carbonyl (C=O) groups excluding carboxylic acids is 3. The van der Waals surface area contributed by atoms with Gasteiger partial charge in [-0.1, -0.05) is 11.1 Å². The molecule has 6 saturated carbocycles. The number of sulfonamides is 1. The van der Waals surface area contributed by atoms with Crippen molar-refractivity contribution in [2.75, 3.05) is 0 Å². The molecule has 0 aromatic carbocycles. The highest BCUT2D eigenvalue weighted by molar-refractivity contribution is 8.03. The lowest BCUT2D eigenvalue weighted by atomic mass is 9.48. The van der Waals surface area contributed by atoms with Gasteiger partial charge in [0.15, 0.2) is 0 Å². The molecule has 236 valence electrons. The van der Waals surface area contributed by atoms with Gasteiger partial charge in [0.2, 0.25) is 0 Å². The number of ether oxygens (including phenoxy) is 3. The summed E-state index contributed by atoms with van der Waals surface area (Å²) in [7, 11) is -11.6. The molecular formula is C26H35F2NO11S2. The highest BCUT2D eigenvalue weighted by atomic mass is 32.3. The van der Waals surface area contributed by atoms with E-state index >= 15 is 8.78 Å². The van der Waals surface area contributed by atoms with E-state index in [-0.39, 0.29) is 49.4 Å². The van der Waals surface area contributed by atoms with Gasteiger partial charge in [-0.25, -0.2) is 17.4 Å². The van der Waals surface area contributed by atoms with Gasteiger partial charge in [-0.3, -0.25) is 9.59 Å². The summed E-state index contributed by atoms with van der Waals surface area (Å²) in [5, 5.41) is -5.30. The van der Waals surface area contributed by atoms with E-state index in [2.05, 4.69) is 0 Å². The van der Waals surface area contributed by atoms with Gasteiger partial charge in [-0.2, -0.15) is 17.2 Å². The van der Waals surface area contributed by atoms with Crippen molar-refractivity contribution < 1.29 is 58.4 Å². The third kappa shape index (κ3) is 4.74. The van der Waals surface area contributed by atoms with Crippen LogP contribution in [0.25, 0.3) is 0 Å². The highest BCUT2D eigenvalue weighted by Gasteiger charge is 2.67. The number of fused-ring (bicyclic) bond motifs is 1. The summed E-state index contributed by atoms with van der Waals surface area (Å²) in [6.07, 6.45) is 0.979. The number of nitrogens with one attached hydrogen (secondary N) is 1. The Balaban J connectivity index is 1.16. The Morgan fingerprint density at radius 1 is 1.05 bits per heavy atom. The molecule has 7 atom stereocenters. The topological polar surface area (TPSA) is 168 Å². The fourth-order valence-corrected chi connectivity index (χ4v) is 11.2. The van der Waals surface area contributed by atoms with Crippen molar-refractivity contribution in [3.8, 4) is 0 Å². The Bertz CT molecular complexity index is 1410. The first-order valence-corrected chi connectivity index (χ1v) is 17.2. The number of rotatable bonds is 10. The zero-order chi connectivity index (χ0) is 30.7. The molecule has 6 aliphatic carbocycles. The predicted octanol–water partition coefficient (Wildman–Crippen LogP) is 2.32. The minimum Gasteiger partial charge on any atom is -0.459 e. The average molecular weight is 640 g/mol. The van der Waals surface area contributed by atoms with Crippen LogP contribution in [0.1, 0.15) is 78.6 Å². The van der Waals surface area contributed by atoms with Crippen LogP contribution in [-0.2, 0) is 53.1 Å². The van der Waals surface area contributed by atoms with Gasteiger partial charge in [0.05, 0.1) is 11.3 Å². The standard InChI is InChI=1S/C26H35F2NO11S2/c1-4-23(2,3)38-21(31)24-8-13-5-14(9-24)11-25(10-13,12-24)39-22(32)26(27,28)41(33,34)29-42(35,36)40-18-15-6-16-17(7-15)20(30)37-19(16)18/h13-19,29H,4-12H2,1-3H3. The first kappa shape index (κ1) is 30.1. The first-order valence-electron chi connectivity index (χ1n) is 14.3. The molecule has 42 heavy (non-hydrogen) atoms. The van der Waals surface area contributed by atoms with E-state index in [0.29, 0.717) is 25.7 Å². The number of hydrogen-bond donors (Lipinski definition) is 1. The molecule has 7 fully saturated rings. The van der Waals surface area contributed by atoms with Gasteiger partial charge < -0.3 is 14.2 Å². The van der Waals surface area contributed by atoms with Crippen LogP contribution >= 0.6 is 0 Å². The lowest BCUT2D eigenvalue weighted by Crippen LogP contribution is -2.62. The first-order chi connectivity index (χ1) is 19.3. The van der Waals surface area contributed by atoms with Crippen molar-refractivity contribution in [2.45, 2.75) is 107 Å². The van der Waals surface area contributed by atoms with Gasteiger partial charge in [0, 0.05) is 12.3 Å². The second kappa shape index (κ2) is 9.30. The molecule has 7 unspecified atom stereocenters. The molecule has 1 saturated heterocycles. The molecule has 7 aliphatic rings. The SMILES string of the molecule is CCC(C)(C)OC(=O)C12CC3CC(CC(OC(=O)C(F)(F)S(=O)(=O)NS(=O)(=O)OC4C5CC6C(=O)OC4C6C5)(C3)C1)C2. The summed E-state index contributed by atoms with van der Waals surface area (Å²) in [5.74, 6) is -4.75. The van der Waals surface area contributed by atoms with Gasteiger partial charge in [0.25, 0.3) is 0 Å². The monoisotopic (exact) mass is 639 g/mol. The minimum atomic E-state index is -6.21. The Morgan fingerprint density at radius 2 is 1.69 bits per heavy atom. The van der Waals surface area contributed by atoms with E-state index in [1.807, 2.05) is 6.92 Å². The third-order valence-corrected chi connectivity index (χ3v) is 13.4. The van der Waals surface area contributed by atoms with Crippen molar-refractivity contribution >= 4 is 38.2 Å². The van der Waals surface area contributed by atoms with E-state index in [0.717, 1.165) is 10.5 Å². The normalized spacial score (nSPS) is 40.3. The maximum Gasteiger partial charge on any atom is 0.455 e. The van der Waals surface area contributed by atoms with Crippen molar-refractivity contribution in [1.29, 1.82) is 0 Å². The summed E-state index contributed by atoms with van der Waals surface area (Å²) in [5.41, 5.74) is -3.33. The molecule has 0 aromatic heterocycles. The summed E-state index contributed by atoms with van der Waals surface area (Å²) >= 11 is 0. The maximum absolute atomic E-state index is 15.2. The summed E-state index contributed by atoms with van der Waals surface area (Å²) in [6.45, 7) is 5.37. The molecular weight excluding hydrogens is 604 g/mol. The summed E-state index contributed by atoms with van der Waals surface area (Å²) < 4.78 is 103. The fraction of sp³-hybridized carbons (Fsp3) is 0.885. The second-order valence-electron chi connectivity index (χ2n) is 13.8. The number of alkyl halides is 2. The van der Waals surface area contributed by atoms with Crippen LogP contribution in [0.4, 0.5) is 8.78 Å². The minimum absolute atomic E-state index is 0.0896. The Kier molecular flexibility index (Phi) is 6.67. The highest BCUT2D eigenvalue weighted by Crippen LogP contribution is 2.63. The maximum atomic E-state index is 15.2. The van der Waals surface area contributed by atoms with E-state index in [9.17, 15) is 31.2 Å². The molecule has 0 aromatic rings. The van der Waals surface area contributed by atoms with Crippen molar-refractivity contribution in [3.05, 3.63) is 0 Å². The lowest BCUT2D eigenvalue weighted by Gasteiger charge is -2.60. The predicted molar refractivity (Wildman–Crippen MR) is 137 cm³/mol. The van der Waals surface area contributed by atoms with Gasteiger partial charge in [-0.05, 0) is 83.0 Å². The smallest absolute Gasteiger partial charge is 0.455 e. The van der Waals surface area contributed by atoms with E-state index in [1.165, 1.54) is 0 Å². The zero-order valence-corrected chi connectivity index (χ0v) is 25.1. The van der Waals surface area contributed by atoms with E-state index < -0.39 is 78.2 Å². The van der Waals surface area contributed by atoms with Crippen LogP contribution in [0, 0.1) is 35.0 Å². The molecule has 0 amide bonds. The van der Waals surface area contributed by atoms with Crippen molar-refractivity contribution in [1.82, 2.24) is 4.13 Å². The lowest BCUT2D eigenvalue weighted by molar-refractivity contribution is -0.225. The van der Waals surface area contributed by atoms with Crippen molar-refractivity contribution in [2.24, 2.45) is 35.0 Å². The second-order valence-corrected chi connectivity index (χ2v) is 17.1. The Hall–Kier alpha value is -1.91. The number of carbonyl (C=O) groups is 3. The van der Waals surface area contributed by atoms with Crippen LogP contribution in [0.5, 0.6) is 0 Å². The van der Waals surface area contributed by atoms with Gasteiger partial charge >= 0.3 is 43.5 Å². The molecule has 16 heteroatoms. The number of hydrogen-bond acceptors (Lipinski definition) is 11. The molecule has 0 spiro atoms. The number of halogens is 2. The van der Waals surface area contributed by atoms with Crippen LogP contribution in [0.3, 0.4) is 0 Å². The molecule has 6 bridgehead atoms. The van der Waals surface area contributed by atoms with Crippen LogP contribution in [-0.4, -0.2) is 63.4 Å². The Labute approximate surface area is 242 Å². The Morgan fingerprint density at radius 3 is 2.31 bits per heavy atom. The third-order valence-electron chi connectivity index (χ3n) is 10.4. The molecule has 0 radical (unpaired) electrons. The van der Waals surface area contributed by atoms with Crippen molar-refractivity contribution in [3.63, 3.8) is 0 Å². The van der Waals surface area contributed by atoms with Gasteiger partial charge in [-0.15, -0.1) is 0 Å². The van der Waals surface area contributed by atoms with E-state index in [1.54, 1.807) is 13.8 Å². The fourth-order valence-electron chi connectivity index (χ4n) is 8.72. The van der Waals surface area contributed by atoms with Crippen LogP contribution in [0.15, 0.2) is 0 Å². The van der Waals surface area contributed by atoms with Gasteiger partial charge in [0.1, 0.15) is 23.4 Å². The largest absolute Gasteiger partial charge is 0.459 e. The molecule has 12 nitrogen and oxygen atoms in total. The average Bonchev–Trinajstić information content (AvgIpc) is 3.47. The molecule has 7 rings (SSSR count). The summed E-state index contributed by atoms with van der Waals surface area (Å²) in [6, 6.07) is 0. The van der Waals surface area contributed by atoms with Crippen LogP contribution < -0.4 is 4.13 Å². The van der Waals surface area contributed by atoms with Crippen LogP contribution in [0.2, 0.25) is 0 Å². The molecule has 1 heterocycles. The zero-order valence-electron chi connectivity index (χ0n) is 23.5. The summed E-state index contributed by atoms with van der Waals surface area (Å²) in [4.78, 5) is 38.1. The molecule has 1 N–H and O–H groups in total. The quantitative estimate of drug-likeness (QED) is 0.275. The number of esters is 3. The molecule has 1 aliphatic heterocycles. The van der Waals surface area contributed by atoms with E-state index in [4.69, 9.17) is 18.4 Å².